The van der Waals surface area contributed by atoms with Crippen molar-refractivity contribution in [2.75, 3.05) is 6.61 Å². The lowest BCUT2D eigenvalue weighted by atomic mass is 10.2. The maximum Gasteiger partial charge on any atom is 0.153 e. The third-order valence-corrected chi connectivity index (χ3v) is 3.08. The van der Waals surface area contributed by atoms with Gasteiger partial charge in [-0.25, -0.2) is 4.68 Å². The van der Waals surface area contributed by atoms with Crippen LogP contribution in [0.15, 0.2) is 53.5 Å². The highest BCUT2D eigenvalue weighted by molar-refractivity contribution is 5.85. The molecule has 0 bridgehead atoms. The number of benzene rings is 1. The van der Waals surface area contributed by atoms with Gasteiger partial charge < -0.3 is 9.15 Å². The molecule has 0 aliphatic heterocycles. The molecular formula is C16H14N2O3. The van der Waals surface area contributed by atoms with Crippen LogP contribution in [0.25, 0.3) is 16.9 Å². The fraction of sp³-hybridized carbons (Fsp3) is 0.125. The van der Waals surface area contributed by atoms with Gasteiger partial charge >= 0.3 is 0 Å². The van der Waals surface area contributed by atoms with Gasteiger partial charge in [0.2, 0.25) is 0 Å². The highest BCUT2D eigenvalue weighted by Gasteiger charge is 2.12. The molecule has 0 saturated heterocycles. The Bertz CT molecular complexity index is 727. The third kappa shape index (κ3) is 2.58. The third-order valence-electron chi connectivity index (χ3n) is 3.08. The van der Waals surface area contributed by atoms with E-state index < -0.39 is 0 Å². The van der Waals surface area contributed by atoms with Gasteiger partial charge in [-0.3, -0.25) is 4.79 Å². The summed E-state index contributed by atoms with van der Waals surface area (Å²) in [7, 11) is 0. The fourth-order valence-electron chi connectivity index (χ4n) is 2.09. The van der Waals surface area contributed by atoms with Crippen LogP contribution in [0.5, 0.6) is 5.75 Å². The summed E-state index contributed by atoms with van der Waals surface area (Å²) in [6.07, 6.45) is 5.61. The second-order valence-electron chi connectivity index (χ2n) is 4.43. The van der Waals surface area contributed by atoms with Crippen LogP contribution in [0.1, 0.15) is 17.3 Å². The van der Waals surface area contributed by atoms with Crippen molar-refractivity contribution in [2.45, 2.75) is 6.92 Å². The monoisotopic (exact) mass is 282 g/mol. The lowest BCUT2D eigenvalue weighted by molar-refractivity contribution is 0.112. The lowest BCUT2D eigenvalue weighted by Gasteiger charge is -2.04. The zero-order chi connectivity index (χ0) is 14.7. The van der Waals surface area contributed by atoms with E-state index in [1.165, 1.54) is 0 Å². The van der Waals surface area contributed by atoms with E-state index in [1.54, 1.807) is 29.5 Å². The van der Waals surface area contributed by atoms with Crippen molar-refractivity contribution in [3.05, 3.63) is 54.6 Å². The van der Waals surface area contributed by atoms with E-state index in [2.05, 4.69) is 5.10 Å². The molecule has 1 aromatic carbocycles. The first kappa shape index (κ1) is 13.2. The van der Waals surface area contributed by atoms with Gasteiger partial charge in [-0.05, 0) is 37.3 Å². The number of hydrogen-bond donors (Lipinski definition) is 0. The van der Waals surface area contributed by atoms with E-state index in [0.717, 1.165) is 23.3 Å². The zero-order valence-electron chi connectivity index (χ0n) is 11.5. The second kappa shape index (κ2) is 5.66. The van der Waals surface area contributed by atoms with Gasteiger partial charge in [0, 0.05) is 11.8 Å². The average Bonchev–Trinajstić information content (AvgIpc) is 3.17. The second-order valence-corrected chi connectivity index (χ2v) is 4.43. The van der Waals surface area contributed by atoms with Crippen LogP contribution < -0.4 is 4.74 Å². The molecule has 0 aliphatic carbocycles. The number of carbonyl (C=O) groups is 1. The Morgan fingerprint density at radius 2 is 2.10 bits per heavy atom. The Morgan fingerprint density at radius 3 is 2.71 bits per heavy atom. The minimum Gasteiger partial charge on any atom is -0.494 e. The van der Waals surface area contributed by atoms with Crippen molar-refractivity contribution in [1.29, 1.82) is 0 Å². The molecule has 0 saturated carbocycles. The molecule has 2 aromatic heterocycles. The molecule has 5 nitrogen and oxygen atoms in total. The molecule has 0 N–H and O–H groups in total. The largest absolute Gasteiger partial charge is 0.494 e. The molecule has 106 valence electrons. The molecule has 0 unspecified atom stereocenters. The summed E-state index contributed by atoms with van der Waals surface area (Å²) < 4.78 is 12.1. The topological polar surface area (TPSA) is 57.3 Å². The number of ether oxygens (including phenoxy) is 1. The van der Waals surface area contributed by atoms with E-state index in [9.17, 15) is 4.79 Å². The quantitative estimate of drug-likeness (QED) is 0.673. The zero-order valence-corrected chi connectivity index (χ0v) is 11.5. The molecule has 0 fully saturated rings. The molecule has 5 heteroatoms. The van der Waals surface area contributed by atoms with Gasteiger partial charge in [-0.2, -0.15) is 5.10 Å². The molecular weight excluding hydrogens is 268 g/mol. The van der Waals surface area contributed by atoms with Crippen LogP contribution in [0, 0.1) is 0 Å². The molecule has 0 amide bonds. The average molecular weight is 282 g/mol. The molecule has 3 rings (SSSR count). The minimum absolute atomic E-state index is 0.519. The van der Waals surface area contributed by atoms with E-state index in [1.807, 2.05) is 31.2 Å². The predicted octanol–water partition coefficient (Wildman–Crippen LogP) is 3.34. The van der Waals surface area contributed by atoms with Crippen molar-refractivity contribution >= 4 is 6.29 Å². The first-order chi connectivity index (χ1) is 10.3. The fourth-order valence-corrected chi connectivity index (χ4v) is 2.09. The smallest absolute Gasteiger partial charge is 0.153 e. The Morgan fingerprint density at radius 1 is 1.29 bits per heavy atom. The van der Waals surface area contributed by atoms with Crippen LogP contribution in [0.4, 0.5) is 0 Å². The van der Waals surface area contributed by atoms with Gasteiger partial charge in [0.25, 0.3) is 0 Å². The van der Waals surface area contributed by atoms with Gasteiger partial charge in [0.1, 0.15) is 11.4 Å². The molecule has 0 atom stereocenters. The molecule has 0 spiro atoms. The van der Waals surface area contributed by atoms with Crippen LogP contribution in [-0.4, -0.2) is 22.7 Å². The Labute approximate surface area is 121 Å². The van der Waals surface area contributed by atoms with Gasteiger partial charge in [0.15, 0.2) is 6.29 Å². The Balaban J connectivity index is 1.97. The summed E-state index contributed by atoms with van der Waals surface area (Å²) in [5, 5.41) is 4.45. The van der Waals surface area contributed by atoms with E-state index in [4.69, 9.17) is 9.15 Å². The van der Waals surface area contributed by atoms with Crippen LogP contribution in [0.2, 0.25) is 0 Å². The maximum atomic E-state index is 11.2. The molecule has 2 heterocycles. The summed E-state index contributed by atoms with van der Waals surface area (Å²) in [6.45, 7) is 2.57. The summed E-state index contributed by atoms with van der Waals surface area (Å²) in [5.41, 5.74) is 2.76. The highest BCUT2D eigenvalue weighted by atomic mass is 16.5. The standard InChI is InChI=1S/C16H14N2O3/c1-2-21-15-5-3-14(4-6-15)18-9-13(10-19)16(17-18)12-7-8-20-11-12/h3-11H,2H2,1H3. The number of aldehydes is 1. The SMILES string of the molecule is CCOc1ccc(-n2cc(C=O)c(-c3ccoc3)n2)cc1. The number of rotatable bonds is 5. The van der Waals surface area contributed by atoms with Crippen molar-refractivity contribution in [3.63, 3.8) is 0 Å². The van der Waals surface area contributed by atoms with Crippen molar-refractivity contribution < 1.29 is 13.9 Å². The van der Waals surface area contributed by atoms with E-state index >= 15 is 0 Å². The van der Waals surface area contributed by atoms with E-state index in [0.29, 0.717) is 17.9 Å². The Hall–Kier alpha value is -2.82. The number of aromatic nitrogens is 2. The molecule has 21 heavy (non-hydrogen) atoms. The van der Waals surface area contributed by atoms with Gasteiger partial charge in [0.05, 0.1) is 30.4 Å². The van der Waals surface area contributed by atoms with Gasteiger partial charge in [-0.1, -0.05) is 0 Å². The maximum absolute atomic E-state index is 11.2. The minimum atomic E-state index is 0.519. The van der Waals surface area contributed by atoms with Crippen molar-refractivity contribution in [1.82, 2.24) is 9.78 Å². The van der Waals surface area contributed by atoms with Crippen molar-refractivity contribution in [2.24, 2.45) is 0 Å². The lowest BCUT2D eigenvalue weighted by Crippen LogP contribution is -1.96. The number of carbonyl (C=O) groups excluding carboxylic acids is 1. The van der Waals surface area contributed by atoms with Crippen LogP contribution in [-0.2, 0) is 0 Å². The predicted molar refractivity (Wildman–Crippen MR) is 77.8 cm³/mol. The molecule has 0 aliphatic rings. The van der Waals surface area contributed by atoms with Gasteiger partial charge in [-0.15, -0.1) is 0 Å². The molecule has 0 radical (unpaired) electrons. The summed E-state index contributed by atoms with van der Waals surface area (Å²) >= 11 is 0. The molecule has 3 aromatic rings. The first-order valence-corrected chi connectivity index (χ1v) is 6.62. The highest BCUT2D eigenvalue weighted by Crippen LogP contribution is 2.23. The first-order valence-electron chi connectivity index (χ1n) is 6.62. The summed E-state index contributed by atoms with van der Waals surface area (Å²) in [5.74, 6) is 0.805. The summed E-state index contributed by atoms with van der Waals surface area (Å²) in [4.78, 5) is 11.2. The van der Waals surface area contributed by atoms with Crippen molar-refractivity contribution in [3.8, 4) is 22.7 Å². The normalized spacial score (nSPS) is 10.5. The Kier molecular flexibility index (Phi) is 3.55. The van der Waals surface area contributed by atoms with E-state index in [-0.39, 0.29) is 0 Å². The number of nitrogens with zero attached hydrogens (tertiary/aromatic N) is 2. The number of furan rings is 1. The van der Waals surface area contributed by atoms with Crippen LogP contribution in [0.3, 0.4) is 0 Å². The number of hydrogen-bond acceptors (Lipinski definition) is 4. The van der Waals surface area contributed by atoms with Crippen LogP contribution >= 0.6 is 0 Å². The summed E-state index contributed by atoms with van der Waals surface area (Å²) in [6, 6.07) is 9.31.